The largest absolute Gasteiger partial charge is 0.494 e. The third-order valence-electron chi connectivity index (χ3n) is 4.60. The third-order valence-corrected chi connectivity index (χ3v) is 6.00. The zero-order valence-corrected chi connectivity index (χ0v) is 18.8. The Kier molecular flexibility index (Phi) is 7.72. The van der Waals surface area contributed by atoms with Gasteiger partial charge in [0.2, 0.25) is 0 Å². The Morgan fingerprint density at radius 3 is 2.09 bits per heavy atom. The predicted molar refractivity (Wildman–Crippen MR) is 123 cm³/mol. The zero-order valence-electron chi connectivity index (χ0n) is 17.9. The maximum absolute atomic E-state index is 12.6. The summed E-state index contributed by atoms with van der Waals surface area (Å²) in [4.78, 5) is 12.2. The Morgan fingerprint density at radius 1 is 0.875 bits per heavy atom. The standard InChI is InChI=1S/C24H26N2O5S/c1-3-30-21-11-9-20(10-12-21)26-32(28,29)23-15-13-22(14-16-23)31-17-24(27)25-18(2)19-7-5-4-6-8-19/h4-16,18,26H,3,17H2,1-2H3,(H,25,27)/t18-/m0/s1. The van der Waals surface area contributed by atoms with E-state index >= 15 is 0 Å². The molecule has 0 heterocycles. The van der Waals surface area contributed by atoms with E-state index in [2.05, 4.69) is 10.0 Å². The highest BCUT2D eigenvalue weighted by Gasteiger charge is 2.15. The van der Waals surface area contributed by atoms with Crippen LogP contribution in [0, 0.1) is 0 Å². The molecule has 0 bridgehead atoms. The van der Waals surface area contributed by atoms with Crippen LogP contribution in [-0.4, -0.2) is 27.5 Å². The molecule has 3 aromatic carbocycles. The van der Waals surface area contributed by atoms with Gasteiger partial charge in [0.25, 0.3) is 15.9 Å². The van der Waals surface area contributed by atoms with Gasteiger partial charge in [-0.1, -0.05) is 30.3 Å². The van der Waals surface area contributed by atoms with Gasteiger partial charge in [0.15, 0.2) is 6.61 Å². The summed E-state index contributed by atoms with van der Waals surface area (Å²) < 4.78 is 38.6. The molecule has 0 fully saturated rings. The molecular weight excluding hydrogens is 428 g/mol. The first kappa shape index (κ1) is 23.1. The lowest BCUT2D eigenvalue weighted by Crippen LogP contribution is -2.31. The molecule has 0 aliphatic heterocycles. The van der Waals surface area contributed by atoms with Crippen molar-refractivity contribution in [1.29, 1.82) is 0 Å². The quantitative estimate of drug-likeness (QED) is 0.480. The summed E-state index contributed by atoms with van der Waals surface area (Å²) in [5.41, 5.74) is 1.42. The molecule has 8 heteroatoms. The number of sulfonamides is 1. The number of nitrogens with one attached hydrogen (secondary N) is 2. The van der Waals surface area contributed by atoms with Crippen LogP contribution in [-0.2, 0) is 14.8 Å². The average molecular weight is 455 g/mol. The number of rotatable bonds is 10. The van der Waals surface area contributed by atoms with Gasteiger partial charge in [0.05, 0.1) is 17.5 Å². The van der Waals surface area contributed by atoms with Gasteiger partial charge in [-0.2, -0.15) is 0 Å². The number of hydrogen-bond donors (Lipinski definition) is 2. The van der Waals surface area contributed by atoms with Crippen LogP contribution in [0.15, 0.2) is 83.8 Å². The lowest BCUT2D eigenvalue weighted by atomic mass is 10.1. The van der Waals surface area contributed by atoms with Crippen LogP contribution in [0.3, 0.4) is 0 Å². The van der Waals surface area contributed by atoms with Crippen molar-refractivity contribution in [2.45, 2.75) is 24.8 Å². The first-order valence-electron chi connectivity index (χ1n) is 10.2. The minimum absolute atomic E-state index is 0.0842. The fourth-order valence-electron chi connectivity index (χ4n) is 2.97. The average Bonchev–Trinajstić information content (AvgIpc) is 2.80. The van der Waals surface area contributed by atoms with Crippen LogP contribution in [0.1, 0.15) is 25.5 Å². The van der Waals surface area contributed by atoms with Gasteiger partial charge in [-0.15, -0.1) is 0 Å². The SMILES string of the molecule is CCOc1ccc(NS(=O)(=O)c2ccc(OCC(=O)N[C@@H](C)c3ccccc3)cc2)cc1. The second-order valence-electron chi connectivity index (χ2n) is 7.02. The number of benzene rings is 3. The number of ether oxygens (including phenoxy) is 2. The molecule has 0 saturated carbocycles. The summed E-state index contributed by atoms with van der Waals surface area (Å²) in [7, 11) is -3.76. The minimum atomic E-state index is -3.76. The predicted octanol–water partition coefficient (Wildman–Crippen LogP) is 4.14. The second-order valence-corrected chi connectivity index (χ2v) is 8.71. The van der Waals surface area contributed by atoms with Crippen LogP contribution >= 0.6 is 0 Å². The summed E-state index contributed by atoms with van der Waals surface area (Å²) in [5.74, 6) is 0.793. The van der Waals surface area contributed by atoms with Crippen molar-refractivity contribution in [3.8, 4) is 11.5 Å². The Hall–Kier alpha value is -3.52. The van der Waals surface area contributed by atoms with Crippen LogP contribution < -0.4 is 19.5 Å². The Morgan fingerprint density at radius 2 is 1.47 bits per heavy atom. The fourth-order valence-corrected chi connectivity index (χ4v) is 4.03. The fraction of sp³-hybridized carbons (Fsp3) is 0.208. The Balaban J connectivity index is 1.54. The van der Waals surface area contributed by atoms with Gasteiger partial charge in [-0.3, -0.25) is 9.52 Å². The Labute approximate surface area is 188 Å². The summed E-state index contributed by atoms with van der Waals surface area (Å²) >= 11 is 0. The van der Waals surface area contributed by atoms with Gasteiger partial charge in [-0.25, -0.2) is 8.42 Å². The van der Waals surface area contributed by atoms with Gasteiger partial charge >= 0.3 is 0 Å². The number of anilines is 1. The lowest BCUT2D eigenvalue weighted by Gasteiger charge is -2.15. The molecule has 3 aromatic rings. The Bertz CT molecular complexity index is 1120. The monoisotopic (exact) mass is 454 g/mol. The summed E-state index contributed by atoms with van der Waals surface area (Å²) in [6.07, 6.45) is 0. The van der Waals surface area contributed by atoms with Crippen LogP contribution in [0.4, 0.5) is 5.69 Å². The smallest absolute Gasteiger partial charge is 0.261 e. The summed E-state index contributed by atoms with van der Waals surface area (Å²) in [5, 5.41) is 2.86. The lowest BCUT2D eigenvalue weighted by molar-refractivity contribution is -0.123. The molecule has 3 rings (SSSR count). The van der Waals surface area contributed by atoms with Crippen molar-refractivity contribution < 1.29 is 22.7 Å². The first-order chi connectivity index (χ1) is 15.4. The molecule has 0 aromatic heterocycles. The molecule has 0 unspecified atom stereocenters. The maximum atomic E-state index is 12.6. The molecule has 0 spiro atoms. The topological polar surface area (TPSA) is 93.7 Å². The van der Waals surface area contributed by atoms with Crippen molar-refractivity contribution in [3.63, 3.8) is 0 Å². The molecule has 32 heavy (non-hydrogen) atoms. The first-order valence-corrected chi connectivity index (χ1v) is 11.7. The van der Waals surface area contributed by atoms with Crippen molar-refractivity contribution in [3.05, 3.63) is 84.4 Å². The molecule has 2 N–H and O–H groups in total. The molecule has 1 atom stereocenters. The molecule has 168 valence electrons. The second kappa shape index (κ2) is 10.7. The van der Waals surface area contributed by atoms with E-state index in [4.69, 9.17) is 9.47 Å². The van der Waals surface area contributed by atoms with E-state index in [1.54, 1.807) is 24.3 Å². The summed E-state index contributed by atoms with van der Waals surface area (Å²) in [6, 6.07) is 22.0. The van der Waals surface area contributed by atoms with E-state index < -0.39 is 10.0 Å². The number of carbonyl (C=O) groups excluding carboxylic acids is 1. The van der Waals surface area contributed by atoms with Crippen molar-refractivity contribution in [2.75, 3.05) is 17.9 Å². The molecule has 0 saturated heterocycles. The molecule has 1 amide bonds. The molecule has 0 aliphatic carbocycles. The summed E-state index contributed by atoms with van der Waals surface area (Å²) in [6.45, 7) is 4.13. The number of amides is 1. The van der Waals surface area contributed by atoms with Gasteiger partial charge < -0.3 is 14.8 Å². The van der Waals surface area contributed by atoms with Gasteiger partial charge in [-0.05, 0) is 67.9 Å². The van der Waals surface area contributed by atoms with E-state index in [1.807, 2.05) is 44.2 Å². The molecule has 0 radical (unpaired) electrons. The maximum Gasteiger partial charge on any atom is 0.261 e. The highest BCUT2D eigenvalue weighted by Crippen LogP contribution is 2.21. The van der Waals surface area contributed by atoms with E-state index in [1.165, 1.54) is 24.3 Å². The van der Waals surface area contributed by atoms with Crippen molar-refractivity contribution >= 4 is 21.6 Å². The van der Waals surface area contributed by atoms with Crippen molar-refractivity contribution in [1.82, 2.24) is 5.32 Å². The van der Waals surface area contributed by atoms with E-state index in [9.17, 15) is 13.2 Å². The zero-order chi connectivity index (χ0) is 23.0. The van der Waals surface area contributed by atoms with E-state index in [0.29, 0.717) is 23.8 Å². The third kappa shape index (κ3) is 6.49. The highest BCUT2D eigenvalue weighted by atomic mass is 32.2. The van der Waals surface area contributed by atoms with Crippen LogP contribution in [0.25, 0.3) is 0 Å². The van der Waals surface area contributed by atoms with E-state index in [-0.39, 0.29) is 23.5 Å². The number of hydrogen-bond acceptors (Lipinski definition) is 5. The van der Waals surface area contributed by atoms with Crippen molar-refractivity contribution in [2.24, 2.45) is 0 Å². The van der Waals surface area contributed by atoms with Gasteiger partial charge in [0, 0.05) is 5.69 Å². The minimum Gasteiger partial charge on any atom is -0.494 e. The number of carbonyl (C=O) groups is 1. The molecule has 7 nitrogen and oxygen atoms in total. The van der Waals surface area contributed by atoms with Crippen LogP contribution in [0.2, 0.25) is 0 Å². The highest BCUT2D eigenvalue weighted by molar-refractivity contribution is 7.92. The molecular formula is C24H26N2O5S. The molecule has 0 aliphatic rings. The van der Waals surface area contributed by atoms with Crippen LogP contribution in [0.5, 0.6) is 11.5 Å². The van der Waals surface area contributed by atoms with E-state index in [0.717, 1.165) is 5.56 Å². The van der Waals surface area contributed by atoms with Gasteiger partial charge in [0.1, 0.15) is 11.5 Å². The normalized spacial score (nSPS) is 11.9.